The molecule has 0 N–H and O–H groups in total. The average Bonchev–Trinajstić information content (AvgIpc) is 3.42. The monoisotopic (exact) mass is 375 g/mol. The van der Waals surface area contributed by atoms with Crippen LogP contribution in [-0.4, -0.2) is 43.5 Å². The summed E-state index contributed by atoms with van der Waals surface area (Å²) in [5.41, 5.74) is 2.67. The van der Waals surface area contributed by atoms with Crippen LogP contribution in [0.4, 0.5) is 0 Å². The Morgan fingerprint density at radius 3 is 2.54 bits per heavy atom. The summed E-state index contributed by atoms with van der Waals surface area (Å²) in [6.45, 7) is 2.89. The van der Waals surface area contributed by atoms with Crippen molar-refractivity contribution < 1.29 is 4.79 Å². The second-order valence-electron chi connectivity index (χ2n) is 7.60. The first-order valence-electron chi connectivity index (χ1n) is 9.61. The molecule has 1 amide bonds. The van der Waals surface area contributed by atoms with E-state index in [2.05, 4.69) is 16.3 Å². The van der Waals surface area contributed by atoms with Gasteiger partial charge in [-0.3, -0.25) is 9.59 Å². The lowest BCUT2D eigenvalue weighted by molar-refractivity contribution is 0.0491. The van der Waals surface area contributed by atoms with Crippen LogP contribution in [0.5, 0.6) is 0 Å². The first kappa shape index (κ1) is 16.9. The molecular weight excluding hydrogens is 354 g/mol. The number of likely N-dealkylation sites (tertiary alicyclic amines) is 1. The highest BCUT2D eigenvalue weighted by Gasteiger charge is 2.36. The summed E-state index contributed by atoms with van der Waals surface area (Å²) >= 11 is 0. The smallest absolute Gasteiger partial charge is 0.267 e. The van der Waals surface area contributed by atoms with E-state index in [0.29, 0.717) is 24.8 Å². The molecule has 7 nitrogen and oxygen atoms in total. The van der Waals surface area contributed by atoms with E-state index >= 15 is 0 Å². The van der Waals surface area contributed by atoms with Crippen molar-refractivity contribution in [3.8, 4) is 5.82 Å². The molecule has 1 aliphatic carbocycles. The van der Waals surface area contributed by atoms with Crippen molar-refractivity contribution in [1.29, 1.82) is 0 Å². The van der Waals surface area contributed by atoms with Gasteiger partial charge in [0.2, 0.25) is 0 Å². The van der Waals surface area contributed by atoms with Crippen molar-refractivity contribution >= 4 is 5.91 Å². The van der Waals surface area contributed by atoms with E-state index in [-0.39, 0.29) is 17.5 Å². The molecule has 0 unspecified atom stereocenters. The van der Waals surface area contributed by atoms with Gasteiger partial charge >= 0.3 is 0 Å². The van der Waals surface area contributed by atoms with Crippen LogP contribution in [-0.2, 0) is 0 Å². The van der Waals surface area contributed by atoms with Crippen LogP contribution >= 0.6 is 0 Å². The fraction of sp³-hybridized carbons (Fsp3) is 0.333. The molecule has 0 atom stereocenters. The minimum atomic E-state index is -0.164. The second-order valence-corrected chi connectivity index (χ2v) is 7.60. The van der Waals surface area contributed by atoms with E-state index in [1.807, 2.05) is 37.4 Å². The molecule has 7 heteroatoms. The van der Waals surface area contributed by atoms with Gasteiger partial charge in [0, 0.05) is 30.9 Å². The van der Waals surface area contributed by atoms with E-state index in [4.69, 9.17) is 0 Å². The Morgan fingerprint density at radius 1 is 1.04 bits per heavy atom. The highest BCUT2D eigenvalue weighted by atomic mass is 16.2. The number of carbonyl (C=O) groups is 1. The summed E-state index contributed by atoms with van der Waals surface area (Å²) in [5, 5.41) is 8.81. The SMILES string of the molecule is Cc1ccn(-c2ccc(=O)n(C3CN(C(=O)c4ccccc4C4CC4)C3)n2)n1. The Hall–Kier alpha value is -3.22. The van der Waals surface area contributed by atoms with Gasteiger partial charge in [-0.15, -0.1) is 5.10 Å². The van der Waals surface area contributed by atoms with E-state index < -0.39 is 0 Å². The minimum Gasteiger partial charge on any atom is -0.334 e. The second kappa shape index (κ2) is 6.44. The molecule has 3 heterocycles. The first-order chi connectivity index (χ1) is 13.6. The van der Waals surface area contributed by atoms with Crippen molar-refractivity contribution in [2.24, 2.45) is 0 Å². The minimum absolute atomic E-state index is 0.0469. The largest absolute Gasteiger partial charge is 0.334 e. The van der Waals surface area contributed by atoms with Crippen molar-refractivity contribution in [2.45, 2.75) is 31.7 Å². The molecule has 28 heavy (non-hydrogen) atoms. The molecule has 0 bridgehead atoms. The quantitative estimate of drug-likeness (QED) is 0.701. The van der Waals surface area contributed by atoms with Crippen molar-refractivity contribution in [3.05, 3.63) is 75.8 Å². The number of aryl methyl sites for hydroxylation is 1. The Bertz CT molecular complexity index is 1110. The van der Waals surface area contributed by atoms with Gasteiger partial charge in [0.15, 0.2) is 5.82 Å². The summed E-state index contributed by atoms with van der Waals surface area (Å²) in [7, 11) is 0. The summed E-state index contributed by atoms with van der Waals surface area (Å²) < 4.78 is 3.13. The number of hydrogen-bond donors (Lipinski definition) is 0. The molecule has 2 aromatic heterocycles. The molecule has 5 rings (SSSR count). The molecule has 3 aromatic rings. The average molecular weight is 375 g/mol. The normalized spacial score (nSPS) is 16.8. The van der Waals surface area contributed by atoms with Gasteiger partial charge in [-0.25, -0.2) is 9.36 Å². The molecule has 142 valence electrons. The zero-order valence-corrected chi connectivity index (χ0v) is 15.7. The first-order valence-corrected chi connectivity index (χ1v) is 9.61. The van der Waals surface area contributed by atoms with Crippen LogP contribution in [0.1, 0.15) is 46.4 Å². The zero-order valence-electron chi connectivity index (χ0n) is 15.7. The standard InChI is InChI=1S/C21H21N5O2/c1-14-10-11-25(22-14)19-8-9-20(27)26(23-19)16-12-24(13-16)21(28)18-5-3-2-4-17(18)15-6-7-15/h2-5,8-11,15-16H,6-7,12-13H2,1H3. The van der Waals surface area contributed by atoms with Crippen molar-refractivity contribution in [3.63, 3.8) is 0 Å². The predicted octanol–water partition coefficient (Wildman–Crippen LogP) is 2.31. The molecule has 0 spiro atoms. The summed E-state index contributed by atoms with van der Waals surface area (Å²) in [6, 6.07) is 12.8. The molecule has 2 aliphatic rings. The number of nitrogens with zero attached hydrogens (tertiary/aromatic N) is 5. The van der Waals surface area contributed by atoms with Gasteiger partial charge in [-0.1, -0.05) is 18.2 Å². The maximum absolute atomic E-state index is 12.9. The van der Waals surface area contributed by atoms with Gasteiger partial charge in [0.1, 0.15) is 0 Å². The summed E-state index contributed by atoms with van der Waals surface area (Å²) in [6.07, 6.45) is 4.13. The van der Waals surface area contributed by atoms with Gasteiger partial charge in [0.25, 0.3) is 11.5 Å². The van der Waals surface area contributed by atoms with Crippen LogP contribution in [0.2, 0.25) is 0 Å². The lowest BCUT2D eigenvalue weighted by Gasteiger charge is -2.39. The highest BCUT2D eigenvalue weighted by molar-refractivity contribution is 5.96. The number of aromatic nitrogens is 4. The lowest BCUT2D eigenvalue weighted by atomic mass is 10.00. The van der Waals surface area contributed by atoms with Gasteiger partial charge in [-0.2, -0.15) is 5.10 Å². The van der Waals surface area contributed by atoms with Gasteiger partial charge in [0.05, 0.1) is 11.7 Å². The van der Waals surface area contributed by atoms with Crippen LogP contribution < -0.4 is 5.56 Å². The van der Waals surface area contributed by atoms with Crippen LogP contribution in [0, 0.1) is 6.92 Å². The fourth-order valence-corrected chi connectivity index (χ4v) is 3.73. The molecule has 2 fully saturated rings. The highest BCUT2D eigenvalue weighted by Crippen LogP contribution is 2.42. The summed E-state index contributed by atoms with van der Waals surface area (Å²) in [4.78, 5) is 27.0. The Morgan fingerprint density at radius 2 is 1.82 bits per heavy atom. The van der Waals surface area contributed by atoms with Crippen LogP contribution in [0.3, 0.4) is 0 Å². The van der Waals surface area contributed by atoms with E-state index in [0.717, 1.165) is 29.7 Å². The molecule has 1 aromatic carbocycles. The van der Waals surface area contributed by atoms with Crippen molar-refractivity contribution in [2.75, 3.05) is 13.1 Å². The Labute approximate surface area is 162 Å². The molecule has 1 saturated carbocycles. The van der Waals surface area contributed by atoms with E-state index in [1.165, 1.54) is 10.7 Å². The number of benzene rings is 1. The maximum atomic E-state index is 12.9. The number of carbonyl (C=O) groups excluding carboxylic acids is 1. The topological polar surface area (TPSA) is 73.0 Å². The molecule has 0 radical (unpaired) electrons. The van der Waals surface area contributed by atoms with Crippen molar-refractivity contribution in [1.82, 2.24) is 24.5 Å². The van der Waals surface area contributed by atoms with Gasteiger partial charge < -0.3 is 4.90 Å². The van der Waals surface area contributed by atoms with E-state index in [9.17, 15) is 9.59 Å². The lowest BCUT2D eigenvalue weighted by Crippen LogP contribution is -2.53. The molecular formula is C21H21N5O2. The number of rotatable bonds is 4. The third-order valence-corrected chi connectivity index (χ3v) is 5.47. The zero-order chi connectivity index (χ0) is 19.3. The summed E-state index contributed by atoms with van der Waals surface area (Å²) in [5.74, 6) is 1.16. The molecule has 1 aliphatic heterocycles. The molecule has 1 saturated heterocycles. The maximum Gasteiger partial charge on any atom is 0.267 e. The Balaban J connectivity index is 1.34. The Kier molecular flexibility index (Phi) is 3.89. The van der Waals surface area contributed by atoms with Crippen LogP contribution in [0.15, 0.2) is 53.5 Å². The third kappa shape index (κ3) is 2.93. The third-order valence-electron chi connectivity index (χ3n) is 5.47. The van der Waals surface area contributed by atoms with E-state index in [1.54, 1.807) is 15.6 Å². The number of amides is 1. The van der Waals surface area contributed by atoms with Crippen LogP contribution in [0.25, 0.3) is 5.82 Å². The predicted molar refractivity (Wildman–Crippen MR) is 104 cm³/mol. The fourth-order valence-electron chi connectivity index (χ4n) is 3.73. The van der Waals surface area contributed by atoms with Gasteiger partial charge in [-0.05, 0) is 49.4 Å². The number of hydrogen-bond acceptors (Lipinski definition) is 4.